The van der Waals surface area contributed by atoms with Gasteiger partial charge >= 0.3 is 0 Å². The van der Waals surface area contributed by atoms with E-state index < -0.39 is 56.6 Å². The molecule has 0 amide bonds. The van der Waals surface area contributed by atoms with Gasteiger partial charge in [0.2, 0.25) is 0 Å². The summed E-state index contributed by atoms with van der Waals surface area (Å²) in [5.41, 5.74) is -3.70. The minimum absolute atomic E-state index is 0.0505. The second kappa shape index (κ2) is 13.7. The molecule has 6 nitrogen and oxygen atoms in total. The molecule has 2 saturated heterocycles. The summed E-state index contributed by atoms with van der Waals surface area (Å²) in [6, 6.07) is 0. The fraction of sp³-hybridized carbons (Fsp3) is 1.00. The number of aliphatic hydroxyl groups excluding tert-OH is 2. The quantitative estimate of drug-likeness (QED) is 0.135. The highest BCUT2D eigenvalue weighted by Gasteiger charge is 2.50. The summed E-state index contributed by atoms with van der Waals surface area (Å²) >= 11 is 20.1. The van der Waals surface area contributed by atoms with Crippen LogP contribution in [0.1, 0.15) is 120 Å². The molecule has 10 atom stereocenters. The molecule has 2 heterocycles. The first-order valence-electron chi connectivity index (χ1n) is 14.8. The van der Waals surface area contributed by atoms with Crippen LogP contribution in [-0.2, 0) is 9.47 Å². The minimum Gasteiger partial charge on any atom is -0.390 e. The van der Waals surface area contributed by atoms with E-state index in [4.69, 9.17) is 32.7 Å². The zero-order valence-electron chi connectivity index (χ0n) is 25.7. The lowest BCUT2D eigenvalue weighted by Gasteiger charge is -2.38. The average molecular weight is 741 g/mol. The highest BCUT2D eigenvalue weighted by molar-refractivity contribution is 9.09. The number of ether oxygens (including phenoxy) is 2. The standard InChI is InChI=1S/C30H54Br2Cl2O6/c1-25(2,33)19(31)11-15-27(5,37)23-13-17-29(7,39-23)21(35)9-10-22(36)30(8)18-14-24(40-30)28(6,38)16-12-20(32)26(3,4)34/h19-24,35-38H,9-18H2,1-8H3/t19?,20?,21-,22-,23-,24-,27+,28+,29+,30+/m1/s1. The van der Waals surface area contributed by atoms with E-state index in [9.17, 15) is 20.4 Å². The fourth-order valence-electron chi connectivity index (χ4n) is 5.86. The van der Waals surface area contributed by atoms with Gasteiger partial charge in [0.1, 0.15) is 0 Å². The van der Waals surface area contributed by atoms with E-state index in [2.05, 4.69) is 31.9 Å². The predicted molar refractivity (Wildman–Crippen MR) is 171 cm³/mol. The van der Waals surface area contributed by atoms with E-state index in [1.165, 1.54) is 0 Å². The maximum absolute atomic E-state index is 11.2. The Balaban J connectivity index is 1.89. The third kappa shape index (κ3) is 9.90. The van der Waals surface area contributed by atoms with Crippen molar-refractivity contribution < 1.29 is 29.9 Å². The molecule has 0 aromatic rings. The maximum atomic E-state index is 11.2. The van der Waals surface area contributed by atoms with E-state index in [-0.39, 0.29) is 9.65 Å². The van der Waals surface area contributed by atoms with Gasteiger partial charge in [-0.2, -0.15) is 0 Å². The van der Waals surface area contributed by atoms with Crippen molar-refractivity contribution in [2.75, 3.05) is 0 Å². The molecule has 238 valence electrons. The molecule has 0 aromatic heterocycles. The van der Waals surface area contributed by atoms with Crippen LogP contribution in [0.2, 0.25) is 0 Å². The fourth-order valence-corrected chi connectivity index (χ4v) is 6.54. The first kappa shape index (κ1) is 37.5. The molecule has 0 spiro atoms. The normalized spacial score (nSPS) is 34.2. The van der Waals surface area contributed by atoms with Crippen molar-refractivity contribution in [3.05, 3.63) is 0 Å². The van der Waals surface area contributed by atoms with Gasteiger partial charge in [-0.05, 0) is 120 Å². The molecule has 10 heteroatoms. The van der Waals surface area contributed by atoms with E-state index in [0.717, 1.165) is 0 Å². The Labute approximate surface area is 269 Å². The summed E-state index contributed by atoms with van der Waals surface area (Å²) in [6.45, 7) is 15.1. The lowest BCUT2D eigenvalue weighted by atomic mass is 9.85. The van der Waals surface area contributed by atoms with E-state index in [1.54, 1.807) is 13.8 Å². The summed E-state index contributed by atoms with van der Waals surface area (Å²) in [6.07, 6.45) is 3.28. The average Bonchev–Trinajstić information content (AvgIpc) is 3.44. The Hall–Kier alpha value is 1.30. The van der Waals surface area contributed by atoms with E-state index >= 15 is 0 Å². The van der Waals surface area contributed by atoms with Gasteiger partial charge in [-0.15, -0.1) is 23.2 Å². The lowest BCUT2D eigenvalue weighted by molar-refractivity contribution is -0.172. The Morgan fingerprint density at radius 2 is 1.00 bits per heavy atom. The third-order valence-electron chi connectivity index (χ3n) is 9.44. The van der Waals surface area contributed by atoms with Gasteiger partial charge in [0.25, 0.3) is 0 Å². The molecule has 2 unspecified atom stereocenters. The summed E-state index contributed by atoms with van der Waals surface area (Å²) in [5, 5.41) is 44.6. The van der Waals surface area contributed by atoms with Crippen molar-refractivity contribution >= 4 is 55.1 Å². The van der Waals surface area contributed by atoms with Gasteiger partial charge in [0.15, 0.2) is 0 Å². The smallest absolute Gasteiger partial charge is 0.0918 e. The Bertz CT molecular complexity index is 751. The highest BCUT2D eigenvalue weighted by Crippen LogP contribution is 2.44. The molecule has 2 rings (SSSR count). The zero-order chi connectivity index (χ0) is 30.9. The summed E-state index contributed by atoms with van der Waals surface area (Å²) in [7, 11) is 0. The number of hydrogen-bond acceptors (Lipinski definition) is 6. The molecule has 2 fully saturated rings. The van der Waals surface area contributed by atoms with Crippen LogP contribution in [-0.4, -0.2) is 86.6 Å². The molecule has 0 bridgehead atoms. The molecule has 0 aliphatic carbocycles. The van der Waals surface area contributed by atoms with Gasteiger partial charge < -0.3 is 29.9 Å². The van der Waals surface area contributed by atoms with Crippen LogP contribution in [0, 0.1) is 0 Å². The Morgan fingerprint density at radius 1 is 0.700 bits per heavy atom. The van der Waals surface area contributed by atoms with Gasteiger partial charge in [-0.3, -0.25) is 0 Å². The van der Waals surface area contributed by atoms with Crippen molar-refractivity contribution in [3.8, 4) is 0 Å². The van der Waals surface area contributed by atoms with Crippen LogP contribution in [0.4, 0.5) is 0 Å². The summed E-state index contributed by atoms with van der Waals surface area (Å²) < 4.78 is 12.6. The lowest BCUT2D eigenvalue weighted by Crippen LogP contribution is -2.47. The van der Waals surface area contributed by atoms with Gasteiger partial charge in [0.05, 0.1) is 56.6 Å². The summed E-state index contributed by atoms with van der Waals surface area (Å²) in [4.78, 5) is -0.749. The predicted octanol–water partition coefficient (Wildman–Crippen LogP) is 6.99. The molecule has 4 N–H and O–H groups in total. The van der Waals surface area contributed by atoms with Gasteiger partial charge in [-0.25, -0.2) is 0 Å². The van der Waals surface area contributed by atoms with Crippen LogP contribution in [0.5, 0.6) is 0 Å². The monoisotopic (exact) mass is 738 g/mol. The maximum Gasteiger partial charge on any atom is 0.0918 e. The molecule has 2 aliphatic rings. The van der Waals surface area contributed by atoms with Crippen LogP contribution in [0.25, 0.3) is 0 Å². The van der Waals surface area contributed by atoms with Crippen molar-refractivity contribution in [1.82, 2.24) is 0 Å². The molecule has 2 aliphatic heterocycles. The zero-order valence-corrected chi connectivity index (χ0v) is 30.3. The van der Waals surface area contributed by atoms with Gasteiger partial charge in [0, 0.05) is 9.65 Å². The first-order chi connectivity index (χ1) is 17.9. The van der Waals surface area contributed by atoms with Crippen molar-refractivity contribution in [2.45, 2.75) is 186 Å². The number of aliphatic hydroxyl groups is 4. The van der Waals surface area contributed by atoms with E-state index in [1.807, 2.05) is 41.5 Å². The first-order valence-corrected chi connectivity index (χ1v) is 17.3. The molecule has 0 aromatic carbocycles. The van der Waals surface area contributed by atoms with Gasteiger partial charge in [-0.1, -0.05) is 31.9 Å². The van der Waals surface area contributed by atoms with Crippen molar-refractivity contribution in [2.24, 2.45) is 0 Å². The number of rotatable bonds is 15. The number of alkyl halides is 4. The molecule has 40 heavy (non-hydrogen) atoms. The third-order valence-corrected chi connectivity index (χ3v) is 13.7. The SMILES string of the molecule is CC(C)(Cl)C(Br)CC[C@](C)(O)[C@H]1CC[C@@](C)([C@H](O)CC[C@@H](O)[C@]2(C)CC[C@H]([C@@](C)(O)CCC(Br)C(C)(C)Cl)O2)O1. The Kier molecular flexibility index (Phi) is 12.9. The Morgan fingerprint density at radius 3 is 1.27 bits per heavy atom. The molecule has 0 saturated carbocycles. The van der Waals surface area contributed by atoms with Crippen molar-refractivity contribution in [1.29, 1.82) is 0 Å². The van der Waals surface area contributed by atoms with Crippen molar-refractivity contribution in [3.63, 3.8) is 0 Å². The molecular weight excluding hydrogens is 687 g/mol. The van der Waals surface area contributed by atoms with E-state index in [0.29, 0.717) is 64.2 Å². The molecular formula is C30H54Br2Cl2O6. The molecule has 0 radical (unpaired) electrons. The number of halogens is 4. The largest absolute Gasteiger partial charge is 0.390 e. The van der Waals surface area contributed by atoms with Crippen LogP contribution in [0.15, 0.2) is 0 Å². The minimum atomic E-state index is -1.05. The van der Waals surface area contributed by atoms with Crippen LogP contribution < -0.4 is 0 Å². The number of hydrogen-bond donors (Lipinski definition) is 4. The summed E-state index contributed by atoms with van der Waals surface area (Å²) in [5.74, 6) is 0. The highest BCUT2D eigenvalue weighted by atomic mass is 79.9. The second-order valence-electron chi connectivity index (χ2n) is 14.4. The van der Waals surface area contributed by atoms with Crippen LogP contribution >= 0.6 is 55.1 Å². The van der Waals surface area contributed by atoms with Crippen LogP contribution in [0.3, 0.4) is 0 Å². The topological polar surface area (TPSA) is 99.4 Å². The second-order valence-corrected chi connectivity index (χ2v) is 18.5.